The summed E-state index contributed by atoms with van der Waals surface area (Å²) in [6, 6.07) is -2.83. The Hall–Kier alpha value is -2.32. The van der Waals surface area contributed by atoms with Crippen LogP contribution in [0.1, 0.15) is 52.9 Å². The molecule has 0 aliphatic rings. The van der Waals surface area contributed by atoms with E-state index in [4.69, 9.17) is 15.3 Å². The summed E-state index contributed by atoms with van der Waals surface area (Å²) in [5.74, 6) is -3.04. The third-order valence-electron chi connectivity index (χ3n) is 2.72. The van der Waals surface area contributed by atoms with Gasteiger partial charge in [-0.25, -0.2) is 9.59 Å². The number of hydrogen-bond acceptors (Lipinski definition) is 4. The average molecular weight is 334 g/mol. The summed E-state index contributed by atoms with van der Waals surface area (Å²) in [6.07, 6.45) is 3.09. The van der Waals surface area contributed by atoms with E-state index in [9.17, 15) is 19.2 Å². The monoisotopic (exact) mass is 334 g/mol. The third kappa shape index (κ3) is 14.4. The van der Waals surface area contributed by atoms with E-state index in [1.54, 1.807) is 6.92 Å². The number of hydrogen-bond donors (Lipinski definition) is 5. The van der Waals surface area contributed by atoms with Crippen molar-refractivity contribution in [3.05, 3.63) is 0 Å². The van der Waals surface area contributed by atoms with Crippen LogP contribution < -0.4 is 10.6 Å². The predicted octanol–water partition coefficient (Wildman–Crippen LogP) is 1.27. The van der Waals surface area contributed by atoms with Crippen molar-refractivity contribution in [3.8, 4) is 0 Å². The molecule has 0 unspecified atom stereocenters. The molecule has 134 valence electrons. The third-order valence-corrected chi connectivity index (χ3v) is 2.72. The predicted molar refractivity (Wildman–Crippen MR) is 82.3 cm³/mol. The fourth-order valence-electron chi connectivity index (χ4n) is 1.31. The van der Waals surface area contributed by atoms with Crippen LogP contribution in [-0.2, 0) is 14.4 Å². The molecule has 5 N–H and O–H groups in total. The number of urea groups is 1. The first-order valence-corrected chi connectivity index (χ1v) is 7.40. The number of carboxylic acid groups (broad SMARTS) is 3. The lowest BCUT2D eigenvalue weighted by molar-refractivity contribution is -0.139. The molecule has 0 saturated carbocycles. The van der Waals surface area contributed by atoms with E-state index in [2.05, 4.69) is 10.6 Å². The molecular formula is C14H26N2O7. The van der Waals surface area contributed by atoms with Crippen LogP contribution in [0.2, 0.25) is 0 Å². The normalized spacial score (nSPS) is 12.1. The van der Waals surface area contributed by atoms with E-state index in [0.29, 0.717) is 12.8 Å². The van der Waals surface area contributed by atoms with Crippen molar-refractivity contribution in [1.82, 2.24) is 10.6 Å². The zero-order valence-electron chi connectivity index (χ0n) is 13.7. The van der Waals surface area contributed by atoms with Gasteiger partial charge in [-0.1, -0.05) is 33.1 Å². The molecule has 0 aromatic carbocycles. The van der Waals surface area contributed by atoms with Crippen LogP contribution >= 0.6 is 0 Å². The van der Waals surface area contributed by atoms with E-state index in [-0.39, 0.29) is 6.42 Å². The Labute approximate surface area is 135 Å². The molecule has 0 bridgehead atoms. The minimum atomic E-state index is -1.18. The highest BCUT2D eigenvalue weighted by Gasteiger charge is 2.21. The molecule has 2 atom stereocenters. The lowest BCUT2D eigenvalue weighted by Crippen LogP contribution is -2.50. The molecule has 0 spiro atoms. The van der Waals surface area contributed by atoms with Gasteiger partial charge >= 0.3 is 23.9 Å². The molecule has 0 saturated heterocycles. The summed E-state index contributed by atoms with van der Waals surface area (Å²) in [6.45, 7) is 4.89. The summed E-state index contributed by atoms with van der Waals surface area (Å²) >= 11 is 0. The van der Waals surface area contributed by atoms with Crippen LogP contribution in [0.5, 0.6) is 0 Å². The quantitative estimate of drug-likeness (QED) is 0.398. The van der Waals surface area contributed by atoms with Gasteiger partial charge in [-0.05, 0) is 13.3 Å². The standard InChI is InChI=1S/C11H20N2O5.C3H6O2/c1-3-4-5-6-8(10(16)17)13-11(18)12-7(2)9(14)15;1-2-3(4)5/h7-8H,3-6H2,1-2H3,(H,14,15)(H,16,17)(H2,12,13,18);2H2,1H3,(H,4,5)/t7-,8-;/m0./s1. The fourth-order valence-corrected chi connectivity index (χ4v) is 1.31. The van der Waals surface area contributed by atoms with Crippen LogP contribution in [0.15, 0.2) is 0 Å². The van der Waals surface area contributed by atoms with Gasteiger partial charge in [0.25, 0.3) is 0 Å². The van der Waals surface area contributed by atoms with Gasteiger partial charge in [0.2, 0.25) is 0 Å². The number of carbonyl (C=O) groups is 4. The molecule has 23 heavy (non-hydrogen) atoms. The number of nitrogens with one attached hydrogen (secondary N) is 2. The van der Waals surface area contributed by atoms with Crippen molar-refractivity contribution in [2.75, 3.05) is 0 Å². The number of rotatable bonds is 9. The first-order chi connectivity index (χ1) is 10.6. The molecule has 2 amide bonds. The number of carbonyl (C=O) groups excluding carboxylic acids is 1. The molecule has 0 aliphatic heterocycles. The summed E-state index contributed by atoms with van der Waals surface area (Å²) in [5.41, 5.74) is 0. The van der Waals surface area contributed by atoms with Gasteiger partial charge in [0.1, 0.15) is 12.1 Å². The SMILES string of the molecule is CCC(=O)O.CCCCC[C@H](NC(=O)N[C@@H](C)C(=O)O)C(=O)O. The minimum absolute atomic E-state index is 0.222. The van der Waals surface area contributed by atoms with Crippen molar-refractivity contribution >= 4 is 23.9 Å². The first kappa shape index (κ1) is 23.0. The van der Waals surface area contributed by atoms with Crippen molar-refractivity contribution < 1.29 is 34.5 Å². The zero-order chi connectivity index (χ0) is 18.4. The first-order valence-electron chi connectivity index (χ1n) is 7.40. The fraction of sp³-hybridized carbons (Fsp3) is 0.714. The van der Waals surface area contributed by atoms with Gasteiger partial charge in [-0.3, -0.25) is 9.59 Å². The van der Waals surface area contributed by atoms with E-state index in [1.165, 1.54) is 6.92 Å². The molecule has 0 rings (SSSR count). The largest absolute Gasteiger partial charge is 0.481 e. The summed E-state index contributed by atoms with van der Waals surface area (Å²) < 4.78 is 0. The van der Waals surface area contributed by atoms with E-state index < -0.39 is 36.0 Å². The van der Waals surface area contributed by atoms with E-state index >= 15 is 0 Å². The zero-order valence-corrected chi connectivity index (χ0v) is 13.7. The van der Waals surface area contributed by atoms with Gasteiger partial charge in [0.05, 0.1) is 0 Å². The Morgan fingerprint density at radius 1 is 0.913 bits per heavy atom. The lowest BCUT2D eigenvalue weighted by Gasteiger charge is -2.16. The highest BCUT2D eigenvalue weighted by molar-refractivity contribution is 5.85. The van der Waals surface area contributed by atoms with Gasteiger partial charge in [-0.2, -0.15) is 0 Å². The second kappa shape index (κ2) is 13.4. The van der Waals surface area contributed by atoms with Crippen LogP contribution in [0.25, 0.3) is 0 Å². The van der Waals surface area contributed by atoms with Crippen molar-refractivity contribution in [2.24, 2.45) is 0 Å². The second-order valence-electron chi connectivity index (χ2n) is 4.81. The maximum absolute atomic E-state index is 11.4. The van der Waals surface area contributed by atoms with Crippen LogP contribution in [-0.4, -0.2) is 51.3 Å². The Morgan fingerprint density at radius 2 is 1.43 bits per heavy atom. The molecule has 0 fully saturated rings. The van der Waals surface area contributed by atoms with Crippen molar-refractivity contribution in [3.63, 3.8) is 0 Å². The highest BCUT2D eigenvalue weighted by atomic mass is 16.4. The lowest BCUT2D eigenvalue weighted by atomic mass is 10.1. The summed E-state index contributed by atoms with van der Waals surface area (Å²) in [7, 11) is 0. The van der Waals surface area contributed by atoms with Crippen molar-refractivity contribution in [1.29, 1.82) is 0 Å². The molecule has 9 nitrogen and oxygen atoms in total. The molecule has 0 aromatic rings. The van der Waals surface area contributed by atoms with Gasteiger partial charge in [-0.15, -0.1) is 0 Å². The van der Waals surface area contributed by atoms with Gasteiger partial charge < -0.3 is 26.0 Å². The molecule has 0 heterocycles. The van der Waals surface area contributed by atoms with Crippen LogP contribution in [0.3, 0.4) is 0 Å². The van der Waals surface area contributed by atoms with Gasteiger partial charge in [0, 0.05) is 6.42 Å². The Morgan fingerprint density at radius 3 is 1.78 bits per heavy atom. The van der Waals surface area contributed by atoms with Crippen LogP contribution in [0, 0.1) is 0 Å². The summed E-state index contributed by atoms with van der Waals surface area (Å²) in [5, 5.41) is 29.6. The molecule has 0 radical (unpaired) electrons. The smallest absolute Gasteiger partial charge is 0.326 e. The maximum Gasteiger partial charge on any atom is 0.326 e. The molecule has 9 heteroatoms. The number of carboxylic acids is 3. The molecule has 0 aliphatic carbocycles. The van der Waals surface area contributed by atoms with Crippen LogP contribution in [0.4, 0.5) is 4.79 Å². The number of unbranched alkanes of at least 4 members (excludes halogenated alkanes) is 2. The highest BCUT2D eigenvalue weighted by Crippen LogP contribution is 2.03. The number of aliphatic carboxylic acids is 3. The topological polar surface area (TPSA) is 153 Å². The maximum atomic E-state index is 11.4. The Balaban J connectivity index is 0. The van der Waals surface area contributed by atoms with Crippen molar-refractivity contribution in [2.45, 2.75) is 65.0 Å². The van der Waals surface area contributed by atoms with Gasteiger partial charge in [0.15, 0.2) is 0 Å². The summed E-state index contributed by atoms with van der Waals surface area (Å²) in [4.78, 5) is 42.1. The second-order valence-corrected chi connectivity index (χ2v) is 4.81. The van der Waals surface area contributed by atoms with E-state index in [1.807, 2.05) is 6.92 Å². The molecular weight excluding hydrogens is 308 g/mol. The number of amides is 2. The van der Waals surface area contributed by atoms with E-state index in [0.717, 1.165) is 12.8 Å². The molecule has 0 aromatic heterocycles. The minimum Gasteiger partial charge on any atom is -0.481 e. The average Bonchev–Trinajstić information content (AvgIpc) is 2.46. The Bertz CT molecular complexity index is 399. The Kier molecular flexibility index (Phi) is 13.3.